The second-order valence-electron chi connectivity index (χ2n) is 6.25. The van der Waals surface area contributed by atoms with Crippen LogP contribution in [0.25, 0.3) is 6.08 Å². The molecule has 2 amide bonds. The Labute approximate surface area is 181 Å². The molecule has 0 heterocycles. The highest BCUT2D eigenvalue weighted by Crippen LogP contribution is 2.16. The molecule has 0 unspecified atom stereocenters. The number of halogens is 2. The quantitative estimate of drug-likeness (QED) is 0.499. The second kappa shape index (κ2) is 9.84. The lowest BCUT2D eigenvalue weighted by Gasteiger charge is -2.12. The number of hydrogen-bond donors (Lipinski definition) is 2. The summed E-state index contributed by atoms with van der Waals surface area (Å²) in [5.41, 5.74) is 1.54. The third-order valence-corrected chi connectivity index (χ3v) is 4.66. The molecule has 0 radical (unpaired) electrons. The van der Waals surface area contributed by atoms with Crippen LogP contribution in [-0.4, -0.2) is 18.9 Å². The molecule has 30 heavy (non-hydrogen) atoms. The van der Waals surface area contributed by atoms with Gasteiger partial charge < -0.3 is 15.4 Å². The molecule has 3 aromatic carbocycles. The van der Waals surface area contributed by atoms with E-state index in [9.17, 15) is 14.0 Å². The summed E-state index contributed by atoms with van der Waals surface area (Å²) in [6.07, 6.45) is 1.56. The summed E-state index contributed by atoms with van der Waals surface area (Å²) in [6, 6.07) is 19.1. The van der Waals surface area contributed by atoms with Gasteiger partial charge in [0.15, 0.2) is 0 Å². The molecule has 0 aromatic heterocycles. The fourth-order valence-corrected chi connectivity index (χ4v) is 2.82. The number of anilines is 1. The van der Waals surface area contributed by atoms with Crippen LogP contribution in [0.4, 0.5) is 10.1 Å². The zero-order valence-corrected chi connectivity index (χ0v) is 17.6. The molecule has 0 bridgehead atoms. The minimum absolute atomic E-state index is 0.0439. The number of rotatable bonds is 6. The maximum absolute atomic E-state index is 13.1. The highest BCUT2D eigenvalue weighted by Gasteiger charge is 2.15. The Morgan fingerprint density at radius 1 is 0.933 bits per heavy atom. The van der Waals surface area contributed by atoms with Gasteiger partial charge in [0.05, 0.1) is 7.11 Å². The Morgan fingerprint density at radius 3 is 2.17 bits per heavy atom. The van der Waals surface area contributed by atoms with E-state index in [0.29, 0.717) is 17.0 Å². The molecule has 0 spiro atoms. The van der Waals surface area contributed by atoms with E-state index in [1.54, 1.807) is 42.5 Å². The van der Waals surface area contributed by atoms with Crippen LogP contribution >= 0.6 is 15.9 Å². The van der Waals surface area contributed by atoms with Crippen molar-refractivity contribution < 1.29 is 18.7 Å². The number of carbonyl (C=O) groups is 2. The van der Waals surface area contributed by atoms with E-state index in [2.05, 4.69) is 26.6 Å². The van der Waals surface area contributed by atoms with Crippen LogP contribution < -0.4 is 15.4 Å². The summed E-state index contributed by atoms with van der Waals surface area (Å²) in [7, 11) is 1.54. The minimum Gasteiger partial charge on any atom is -0.497 e. The summed E-state index contributed by atoms with van der Waals surface area (Å²) < 4.78 is 19.1. The molecular formula is C23H18BrFN2O3. The number of nitrogens with one attached hydrogen (secondary N) is 2. The number of carbonyl (C=O) groups excluding carboxylic acids is 2. The van der Waals surface area contributed by atoms with E-state index in [0.717, 1.165) is 10.0 Å². The number of amides is 2. The van der Waals surface area contributed by atoms with Gasteiger partial charge in [-0.25, -0.2) is 4.39 Å². The topological polar surface area (TPSA) is 67.4 Å². The zero-order valence-electron chi connectivity index (χ0n) is 16.0. The summed E-state index contributed by atoms with van der Waals surface area (Å²) in [4.78, 5) is 25.5. The van der Waals surface area contributed by atoms with Crippen molar-refractivity contribution in [3.63, 3.8) is 0 Å². The van der Waals surface area contributed by atoms with Crippen LogP contribution in [0, 0.1) is 5.82 Å². The monoisotopic (exact) mass is 468 g/mol. The molecule has 0 fully saturated rings. The Hall–Kier alpha value is -3.45. The molecule has 0 aliphatic rings. The number of methoxy groups -OCH3 is 1. The van der Waals surface area contributed by atoms with Crippen molar-refractivity contribution in [1.82, 2.24) is 5.32 Å². The van der Waals surface area contributed by atoms with Crippen molar-refractivity contribution in [2.24, 2.45) is 0 Å². The van der Waals surface area contributed by atoms with Gasteiger partial charge in [-0.2, -0.15) is 0 Å². The summed E-state index contributed by atoms with van der Waals surface area (Å²) in [5.74, 6) is -0.778. The molecule has 152 valence electrons. The number of ether oxygens (including phenoxy) is 1. The number of hydrogen-bond acceptors (Lipinski definition) is 3. The van der Waals surface area contributed by atoms with Gasteiger partial charge in [0, 0.05) is 15.7 Å². The first-order valence-electron chi connectivity index (χ1n) is 8.94. The van der Waals surface area contributed by atoms with Gasteiger partial charge in [-0.3, -0.25) is 9.59 Å². The van der Waals surface area contributed by atoms with E-state index >= 15 is 0 Å². The van der Waals surface area contributed by atoms with E-state index in [4.69, 9.17) is 4.74 Å². The first-order valence-corrected chi connectivity index (χ1v) is 9.73. The van der Waals surface area contributed by atoms with Crippen LogP contribution in [0.15, 0.2) is 83.0 Å². The largest absolute Gasteiger partial charge is 0.497 e. The van der Waals surface area contributed by atoms with Crippen LogP contribution in [0.3, 0.4) is 0 Å². The molecule has 2 N–H and O–H groups in total. The lowest BCUT2D eigenvalue weighted by atomic mass is 10.1. The van der Waals surface area contributed by atoms with Crippen molar-refractivity contribution in [1.29, 1.82) is 0 Å². The van der Waals surface area contributed by atoms with Crippen molar-refractivity contribution in [3.8, 4) is 5.75 Å². The molecular weight excluding hydrogens is 451 g/mol. The third-order valence-electron chi connectivity index (χ3n) is 4.13. The third kappa shape index (κ3) is 5.78. The van der Waals surface area contributed by atoms with Crippen molar-refractivity contribution >= 4 is 39.5 Å². The van der Waals surface area contributed by atoms with Gasteiger partial charge in [0.1, 0.15) is 17.3 Å². The van der Waals surface area contributed by atoms with E-state index < -0.39 is 17.6 Å². The Bertz CT molecular complexity index is 1060. The van der Waals surface area contributed by atoms with Crippen molar-refractivity contribution in [2.75, 3.05) is 12.4 Å². The second-order valence-corrected chi connectivity index (χ2v) is 7.17. The Kier molecular flexibility index (Phi) is 6.98. The highest BCUT2D eigenvalue weighted by atomic mass is 79.9. The average molecular weight is 469 g/mol. The molecule has 0 saturated heterocycles. The molecule has 7 heteroatoms. The smallest absolute Gasteiger partial charge is 0.272 e. The van der Waals surface area contributed by atoms with Crippen LogP contribution in [0.2, 0.25) is 0 Å². The van der Waals surface area contributed by atoms with Gasteiger partial charge in [0.25, 0.3) is 11.8 Å². The first-order chi connectivity index (χ1) is 14.4. The predicted octanol–water partition coefficient (Wildman–Crippen LogP) is 5.01. The van der Waals surface area contributed by atoms with Gasteiger partial charge in [-0.05, 0) is 72.3 Å². The molecule has 3 rings (SSSR count). The molecule has 0 atom stereocenters. The summed E-state index contributed by atoms with van der Waals surface area (Å²) in [5, 5.41) is 5.31. The maximum atomic E-state index is 13.1. The zero-order chi connectivity index (χ0) is 21.5. The van der Waals surface area contributed by atoms with E-state index in [-0.39, 0.29) is 5.70 Å². The summed E-state index contributed by atoms with van der Waals surface area (Å²) >= 11 is 3.36. The normalized spacial score (nSPS) is 11.0. The standard InChI is InChI=1S/C23H18BrFN2O3/c1-30-20-12-4-16(5-13-20)22(28)27-21(14-15-2-6-17(24)7-3-15)23(29)26-19-10-8-18(25)9-11-19/h2-14H,1H3,(H,26,29)(H,27,28)/b21-14+. The molecule has 0 aliphatic heterocycles. The Balaban J connectivity index is 1.85. The minimum atomic E-state index is -0.536. The van der Waals surface area contributed by atoms with E-state index in [1.165, 1.54) is 31.4 Å². The first kappa shape index (κ1) is 21.3. The van der Waals surface area contributed by atoms with E-state index in [1.807, 2.05) is 12.1 Å². The molecule has 3 aromatic rings. The fourth-order valence-electron chi connectivity index (χ4n) is 2.55. The van der Waals surface area contributed by atoms with Crippen LogP contribution in [-0.2, 0) is 4.79 Å². The summed E-state index contributed by atoms with van der Waals surface area (Å²) in [6.45, 7) is 0. The Morgan fingerprint density at radius 2 is 1.57 bits per heavy atom. The lowest BCUT2D eigenvalue weighted by molar-refractivity contribution is -0.113. The van der Waals surface area contributed by atoms with Gasteiger partial charge in [-0.1, -0.05) is 28.1 Å². The van der Waals surface area contributed by atoms with Gasteiger partial charge in [0.2, 0.25) is 0 Å². The molecule has 0 saturated carbocycles. The number of benzene rings is 3. The van der Waals surface area contributed by atoms with Gasteiger partial charge >= 0.3 is 0 Å². The predicted molar refractivity (Wildman–Crippen MR) is 118 cm³/mol. The maximum Gasteiger partial charge on any atom is 0.272 e. The molecule has 5 nitrogen and oxygen atoms in total. The van der Waals surface area contributed by atoms with Crippen molar-refractivity contribution in [3.05, 3.63) is 99.9 Å². The van der Waals surface area contributed by atoms with Gasteiger partial charge in [-0.15, -0.1) is 0 Å². The fraction of sp³-hybridized carbons (Fsp3) is 0.0435. The lowest BCUT2D eigenvalue weighted by Crippen LogP contribution is -2.30. The van der Waals surface area contributed by atoms with Crippen LogP contribution in [0.5, 0.6) is 5.75 Å². The average Bonchev–Trinajstić information content (AvgIpc) is 2.76. The molecule has 0 aliphatic carbocycles. The highest BCUT2D eigenvalue weighted by molar-refractivity contribution is 9.10. The van der Waals surface area contributed by atoms with Crippen molar-refractivity contribution in [2.45, 2.75) is 0 Å². The SMILES string of the molecule is COc1ccc(C(=O)N/C(=C/c2ccc(Br)cc2)C(=O)Nc2ccc(F)cc2)cc1. The van der Waals surface area contributed by atoms with Crippen LogP contribution in [0.1, 0.15) is 15.9 Å².